The Balaban J connectivity index is 2.01. The van der Waals surface area contributed by atoms with Gasteiger partial charge >= 0.3 is 5.97 Å². The molecule has 1 amide bonds. The fourth-order valence-corrected chi connectivity index (χ4v) is 2.61. The van der Waals surface area contributed by atoms with Crippen LogP contribution in [0.15, 0.2) is 24.3 Å². The molecule has 0 saturated carbocycles. The van der Waals surface area contributed by atoms with Gasteiger partial charge in [-0.25, -0.2) is 0 Å². The van der Waals surface area contributed by atoms with Crippen LogP contribution in [0.5, 0.6) is 0 Å². The molecule has 1 aromatic rings. The van der Waals surface area contributed by atoms with Crippen molar-refractivity contribution >= 4 is 17.6 Å². The van der Waals surface area contributed by atoms with Crippen LogP contribution in [-0.4, -0.2) is 36.6 Å². The Kier molecular flexibility index (Phi) is 5.33. The number of aryl methyl sites for hydroxylation is 1. The summed E-state index contributed by atoms with van der Waals surface area (Å²) in [6, 6.07) is 7.37. The van der Waals surface area contributed by atoms with Crippen LogP contribution in [0.4, 0.5) is 5.69 Å². The van der Waals surface area contributed by atoms with Crippen molar-refractivity contribution in [1.29, 1.82) is 0 Å². The number of amides is 1. The largest absolute Gasteiger partial charge is 0.480 e. The maximum Gasteiger partial charge on any atom is 0.323 e. The standard InChI is InChI=1S/C16H22N2O3/c1-12-2-5-14(6-3-12)18(11-16(20)21)15(19)7-4-13-8-9-17-10-13/h2-3,5-6,13,17H,4,7-11H2,1H3,(H,20,21). The average molecular weight is 290 g/mol. The number of nitrogens with zero attached hydrogens (tertiary/aromatic N) is 1. The van der Waals surface area contributed by atoms with Crippen LogP contribution >= 0.6 is 0 Å². The normalized spacial score (nSPS) is 17.7. The zero-order chi connectivity index (χ0) is 15.2. The van der Waals surface area contributed by atoms with Crippen molar-refractivity contribution in [2.75, 3.05) is 24.5 Å². The summed E-state index contributed by atoms with van der Waals surface area (Å²) in [5, 5.41) is 12.3. The third-order valence-corrected chi connectivity index (χ3v) is 3.87. The molecule has 114 valence electrons. The number of anilines is 1. The molecule has 1 aliphatic heterocycles. The summed E-state index contributed by atoms with van der Waals surface area (Å²) in [7, 11) is 0. The highest BCUT2D eigenvalue weighted by Gasteiger charge is 2.21. The number of hydrogen-bond acceptors (Lipinski definition) is 3. The van der Waals surface area contributed by atoms with E-state index in [1.807, 2.05) is 19.1 Å². The van der Waals surface area contributed by atoms with Crippen molar-refractivity contribution in [3.63, 3.8) is 0 Å². The minimum atomic E-state index is -0.994. The summed E-state index contributed by atoms with van der Waals surface area (Å²) in [5.74, 6) is -0.585. The molecular formula is C16H22N2O3. The van der Waals surface area contributed by atoms with Gasteiger partial charge in [0.15, 0.2) is 0 Å². The molecule has 0 aromatic heterocycles. The predicted octanol–water partition coefficient (Wildman–Crippen LogP) is 1.80. The van der Waals surface area contributed by atoms with Crippen LogP contribution in [0.1, 0.15) is 24.8 Å². The maximum atomic E-state index is 12.4. The van der Waals surface area contributed by atoms with E-state index < -0.39 is 5.97 Å². The Labute approximate surface area is 125 Å². The molecule has 1 aliphatic rings. The summed E-state index contributed by atoms with van der Waals surface area (Å²) >= 11 is 0. The first-order chi connectivity index (χ1) is 10.1. The number of benzene rings is 1. The van der Waals surface area contributed by atoms with Crippen molar-refractivity contribution in [3.05, 3.63) is 29.8 Å². The fourth-order valence-electron chi connectivity index (χ4n) is 2.61. The molecule has 1 aromatic carbocycles. The Morgan fingerprint density at radius 2 is 2.05 bits per heavy atom. The number of rotatable bonds is 6. The van der Waals surface area contributed by atoms with Crippen molar-refractivity contribution in [3.8, 4) is 0 Å². The molecule has 5 heteroatoms. The van der Waals surface area contributed by atoms with Crippen molar-refractivity contribution in [1.82, 2.24) is 5.32 Å². The second-order valence-corrected chi connectivity index (χ2v) is 5.61. The van der Waals surface area contributed by atoms with E-state index in [1.165, 1.54) is 4.90 Å². The minimum Gasteiger partial charge on any atom is -0.480 e. The van der Waals surface area contributed by atoms with Gasteiger partial charge in [-0.15, -0.1) is 0 Å². The van der Waals surface area contributed by atoms with Gasteiger partial charge in [0.05, 0.1) is 0 Å². The zero-order valence-corrected chi connectivity index (χ0v) is 12.3. The van der Waals surface area contributed by atoms with Gasteiger partial charge in [0.1, 0.15) is 6.54 Å². The lowest BCUT2D eigenvalue weighted by Crippen LogP contribution is -2.35. The van der Waals surface area contributed by atoms with Crippen molar-refractivity contribution in [2.45, 2.75) is 26.2 Å². The molecule has 1 atom stereocenters. The van der Waals surface area contributed by atoms with Gasteiger partial charge in [-0.05, 0) is 50.9 Å². The third kappa shape index (κ3) is 4.56. The highest BCUT2D eigenvalue weighted by Crippen LogP contribution is 2.19. The smallest absolute Gasteiger partial charge is 0.323 e. The van der Waals surface area contributed by atoms with E-state index in [1.54, 1.807) is 12.1 Å². The molecule has 21 heavy (non-hydrogen) atoms. The number of carboxylic acids is 1. The van der Waals surface area contributed by atoms with Crippen LogP contribution in [0.2, 0.25) is 0 Å². The molecule has 1 unspecified atom stereocenters. The highest BCUT2D eigenvalue weighted by atomic mass is 16.4. The van der Waals surface area contributed by atoms with Gasteiger partial charge in [0, 0.05) is 12.1 Å². The van der Waals surface area contributed by atoms with Crippen LogP contribution in [0.25, 0.3) is 0 Å². The summed E-state index contributed by atoms with van der Waals surface area (Å²) in [6.07, 6.45) is 2.30. The van der Waals surface area contributed by atoms with Gasteiger partial charge in [0.2, 0.25) is 5.91 Å². The number of hydrogen-bond donors (Lipinski definition) is 2. The lowest BCUT2D eigenvalue weighted by atomic mass is 10.0. The quantitative estimate of drug-likeness (QED) is 0.838. The Hall–Kier alpha value is -1.88. The van der Waals surface area contributed by atoms with Gasteiger partial charge in [0.25, 0.3) is 0 Å². The van der Waals surface area contributed by atoms with Crippen LogP contribution in [-0.2, 0) is 9.59 Å². The van der Waals surface area contributed by atoms with E-state index in [0.29, 0.717) is 18.0 Å². The number of carbonyl (C=O) groups excluding carboxylic acids is 1. The fraction of sp³-hybridized carbons (Fsp3) is 0.500. The number of carboxylic acid groups (broad SMARTS) is 1. The van der Waals surface area contributed by atoms with E-state index >= 15 is 0 Å². The van der Waals surface area contributed by atoms with Crippen LogP contribution < -0.4 is 10.2 Å². The van der Waals surface area contributed by atoms with E-state index in [2.05, 4.69) is 5.32 Å². The molecule has 0 bridgehead atoms. The second-order valence-electron chi connectivity index (χ2n) is 5.61. The minimum absolute atomic E-state index is 0.117. The zero-order valence-electron chi connectivity index (χ0n) is 12.3. The molecule has 1 fully saturated rings. The van der Waals surface area contributed by atoms with Gasteiger partial charge < -0.3 is 15.3 Å². The van der Waals surface area contributed by atoms with Crippen molar-refractivity contribution < 1.29 is 14.7 Å². The van der Waals surface area contributed by atoms with Crippen LogP contribution in [0, 0.1) is 12.8 Å². The number of aliphatic carboxylic acids is 1. The Bertz CT molecular complexity index is 493. The highest BCUT2D eigenvalue weighted by molar-refractivity contribution is 5.97. The Morgan fingerprint density at radius 1 is 1.33 bits per heavy atom. The summed E-state index contributed by atoms with van der Waals surface area (Å²) in [5.41, 5.74) is 1.73. The molecule has 0 radical (unpaired) electrons. The van der Waals surface area contributed by atoms with E-state index in [4.69, 9.17) is 5.11 Å². The lowest BCUT2D eigenvalue weighted by molar-refractivity contribution is -0.136. The average Bonchev–Trinajstić information content (AvgIpc) is 2.96. The van der Waals surface area contributed by atoms with E-state index in [0.717, 1.165) is 31.5 Å². The summed E-state index contributed by atoms with van der Waals surface area (Å²) in [4.78, 5) is 24.7. The predicted molar refractivity (Wildman–Crippen MR) is 81.4 cm³/mol. The van der Waals surface area contributed by atoms with Crippen LogP contribution in [0.3, 0.4) is 0 Å². The first-order valence-corrected chi connectivity index (χ1v) is 7.36. The molecule has 5 nitrogen and oxygen atoms in total. The van der Waals surface area contributed by atoms with Gasteiger partial charge in [-0.1, -0.05) is 17.7 Å². The molecule has 2 N–H and O–H groups in total. The Morgan fingerprint density at radius 3 is 2.62 bits per heavy atom. The molecule has 2 rings (SSSR count). The molecule has 0 aliphatic carbocycles. The van der Waals surface area contributed by atoms with Gasteiger partial charge in [-0.3, -0.25) is 9.59 Å². The molecule has 1 heterocycles. The van der Waals surface area contributed by atoms with Crippen molar-refractivity contribution in [2.24, 2.45) is 5.92 Å². The van der Waals surface area contributed by atoms with E-state index in [9.17, 15) is 9.59 Å². The monoisotopic (exact) mass is 290 g/mol. The number of nitrogens with one attached hydrogen (secondary N) is 1. The molecule has 1 saturated heterocycles. The SMILES string of the molecule is Cc1ccc(N(CC(=O)O)C(=O)CCC2CCNC2)cc1. The number of carbonyl (C=O) groups is 2. The molecular weight excluding hydrogens is 268 g/mol. The summed E-state index contributed by atoms with van der Waals surface area (Å²) < 4.78 is 0. The second kappa shape index (κ2) is 7.22. The lowest BCUT2D eigenvalue weighted by Gasteiger charge is -2.21. The summed E-state index contributed by atoms with van der Waals surface area (Å²) in [6.45, 7) is 3.64. The third-order valence-electron chi connectivity index (χ3n) is 3.87. The van der Waals surface area contributed by atoms with E-state index in [-0.39, 0.29) is 12.5 Å². The topological polar surface area (TPSA) is 69.6 Å². The van der Waals surface area contributed by atoms with Gasteiger partial charge in [-0.2, -0.15) is 0 Å². The maximum absolute atomic E-state index is 12.4. The first kappa shape index (κ1) is 15.5. The molecule has 0 spiro atoms. The first-order valence-electron chi connectivity index (χ1n) is 7.36.